The summed E-state index contributed by atoms with van der Waals surface area (Å²) < 4.78 is 0. The molecule has 3 rings (SSSR count). The van der Waals surface area contributed by atoms with Gasteiger partial charge in [-0.15, -0.1) is 0 Å². The SMILES string of the molecule is c1ccc(CN2CCC(NN3CCCCC3)CC2)cc1. The van der Waals surface area contributed by atoms with Crippen LogP contribution in [0, 0.1) is 0 Å². The van der Waals surface area contributed by atoms with Crippen LogP contribution in [-0.4, -0.2) is 42.1 Å². The number of hydrazine groups is 1. The molecule has 0 atom stereocenters. The van der Waals surface area contributed by atoms with Gasteiger partial charge in [-0.2, -0.15) is 0 Å². The molecule has 3 heteroatoms. The fourth-order valence-corrected chi connectivity index (χ4v) is 3.34. The van der Waals surface area contributed by atoms with Crippen LogP contribution >= 0.6 is 0 Å². The van der Waals surface area contributed by atoms with E-state index in [-0.39, 0.29) is 0 Å². The summed E-state index contributed by atoms with van der Waals surface area (Å²) in [5.41, 5.74) is 5.19. The van der Waals surface area contributed by atoms with Gasteiger partial charge in [-0.1, -0.05) is 36.8 Å². The van der Waals surface area contributed by atoms with Crippen molar-refractivity contribution in [1.82, 2.24) is 15.3 Å². The van der Waals surface area contributed by atoms with Crippen molar-refractivity contribution in [2.45, 2.75) is 44.7 Å². The predicted molar refractivity (Wildman–Crippen MR) is 83.3 cm³/mol. The molecule has 2 heterocycles. The Bertz CT molecular complexity index is 378. The molecule has 0 radical (unpaired) electrons. The first-order valence-corrected chi connectivity index (χ1v) is 8.17. The van der Waals surface area contributed by atoms with E-state index in [2.05, 4.69) is 45.7 Å². The highest BCUT2D eigenvalue weighted by Crippen LogP contribution is 2.15. The number of nitrogens with zero attached hydrogens (tertiary/aromatic N) is 2. The van der Waals surface area contributed by atoms with Crippen LogP contribution in [0.15, 0.2) is 30.3 Å². The molecule has 1 aromatic carbocycles. The predicted octanol–water partition coefficient (Wildman–Crippen LogP) is 2.64. The van der Waals surface area contributed by atoms with Gasteiger partial charge >= 0.3 is 0 Å². The molecule has 0 bridgehead atoms. The van der Waals surface area contributed by atoms with E-state index in [1.54, 1.807) is 0 Å². The van der Waals surface area contributed by atoms with Crippen molar-refractivity contribution < 1.29 is 0 Å². The summed E-state index contributed by atoms with van der Waals surface area (Å²) in [6.07, 6.45) is 6.69. The molecule has 110 valence electrons. The lowest BCUT2D eigenvalue weighted by Gasteiger charge is -2.37. The molecule has 2 aliphatic heterocycles. The van der Waals surface area contributed by atoms with Gasteiger partial charge in [0, 0.05) is 38.8 Å². The first kappa shape index (κ1) is 14.1. The average molecular weight is 273 g/mol. The molecule has 0 saturated carbocycles. The Labute approximate surface area is 122 Å². The number of benzene rings is 1. The number of hydrogen-bond acceptors (Lipinski definition) is 3. The van der Waals surface area contributed by atoms with E-state index in [9.17, 15) is 0 Å². The Kier molecular flexibility index (Phi) is 5.06. The van der Waals surface area contributed by atoms with Gasteiger partial charge in [0.25, 0.3) is 0 Å². The van der Waals surface area contributed by atoms with E-state index in [0.717, 1.165) is 6.54 Å². The maximum atomic E-state index is 3.75. The lowest BCUT2D eigenvalue weighted by Crippen LogP contribution is -2.51. The fourth-order valence-electron chi connectivity index (χ4n) is 3.34. The average Bonchev–Trinajstić information content (AvgIpc) is 2.51. The highest BCUT2D eigenvalue weighted by atomic mass is 15.5. The Morgan fingerprint density at radius 3 is 2.30 bits per heavy atom. The van der Waals surface area contributed by atoms with E-state index in [1.807, 2.05) is 0 Å². The van der Waals surface area contributed by atoms with Crippen molar-refractivity contribution in [3.8, 4) is 0 Å². The van der Waals surface area contributed by atoms with Crippen LogP contribution in [0.4, 0.5) is 0 Å². The lowest BCUT2D eigenvalue weighted by molar-refractivity contribution is 0.0918. The van der Waals surface area contributed by atoms with E-state index in [1.165, 1.54) is 63.8 Å². The number of rotatable bonds is 4. The molecular formula is C17H27N3. The molecule has 0 spiro atoms. The number of hydrogen-bond donors (Lipinski definition) is 1. The molecule has 2 saturated heterocycles. The minimum Gasteiger partial charge on any atom is -0.299 e. The van der Waals surface area contributed by atoms with Crippen molar-refractivity contribution in [3.05, 3.63) is 35.9 Å². The van der Waals surface area contributed by atoms with Crippen LogP contribution < -0.4 is 5.43 Å². The third kappa shape index (κ3) is 4.05. The third-order valence-electron chi connectivity index (χ3n) is 4.56. The van der Waals surface area contributed by atoms with Crippen LogP contribution in [0.5, 0.6) is 0 Å². The second-order valence-electron chi connectivity index (χ2n) is 6.21. The van der Waals surface area contributed by atoms with Gasteiger partial charge < -0.3 is 0 Å². The summed E-state index contributed by atoms with van der Waals surface area (Å²) in [6, 6.07) is 11.5. The van der Waals surface area contributed by atoms with E-state index in [0.29, 0.717) is 6.04 Å². The van der Waals surface area contributed by atoms with Gasteiger partial charge in [-0.25, -0.2) is 5.01 Å². The molecule has 1 N–H and O–H groups in total. The zero-order chi connectivity index (χ0) is 13.6. The maximum Gasteiger partial charge on any atom is 0.0239 e. The summed E-state index contributed by atoms with van der Waals surface area (Å²) in [5, 5.41) is 2.46. The zero-order valence-corrected chi connectivity index (χ0v) is 12.4. The number of likely N-dealkylation sites (tertiary alicyclic amines) is 1. The summed E-state index contributed by atoms with van der Waals surface area (Å²) in [7, 11) is 0. The molecule has 2 aliphatic rings. The quantitative estimate of drug-likeness (QED) is 0.910. The molecular weight excluding hydrogens is 246 g/mol. The first-order valence-electron chi connectivity index (χ1n) is 8.17. The minimum absolute atomic E-state index is 0.695. The Morgan fingerprint density at radius 1 is 0.900 bits per heavy atom. The maximum absolute atomic E-state index is 3.75. The van der Waals surface area contributed by atoms with E-state index >= 15 is 0 Å². The highest BCUT2D eigenvalue weighted by molar-refractivity contribution is 5.14. The number of nitrogens with one attached hydrogen (secondary N) is 1. The Morgan fingerprint density at radius 2 is 1.60 bits per heavy atom. The highest BCUT2D eigenvalue weighted by Gasteiger charge is 2.21. The molecule has 1 aromatic rings. The van der Waals surface area contributed by atoms with Crippen LogP contribution in [0.25, 0.3) is 0 Å². The van der Waals surface area contributed by atoms with Crippen LogP contribution in [0.2, 0.25) is 0 Å². The fraction of sp³-hybridized carbons (Fsp3) is 0.647. The van der Waals surface area contributed by atoms with Crippen molar-refractivity contribution in [2.24, 2.45) is 0 Å². The summed E-state index contributed by atoms with van der Waals surface area (Å²) >= 11 is 0. The van der Waals surface area contributed by atoms with Gasteiger partial charge in [0.05, 0.1) is 0 Å². The van der Waals surface area contributed by atoms with Crippen molar-refractivity contribution >= 4 is 0 Å². The smallest absolute Gasteiger partial charge is 0.0239 e. The monoisotopic (exact) mass is 273 g/mol. The standard InChI is InChI=1S/C17H27N3/c1-3-7-16(8-4-1)15-19-13-9-17(10-14-19)18-20-11-5-2-6-12-20/h1,3-4,7-8,17-18H,2,5-6,9-15H2. The summed E-state index contributed by atoms with van der Waals surface area (Å²) in [5.74, 6) is 0. The van der Waals surface area contributed by atoms with Crippen molar-refractivity contribution in [1.29, 1.82) is 0 Å². The van der Waals surface area contributed by atoms with Crippen LogP contribution in [0.3, 0.4) is 0 Å². The second-order valence-corrected chi connectivity index (χ2v) is 6.21. The van der Waals surface area contributed by atoms with Gasteiger partial charge in [0.1, 0.15) is 0 Å². The molecule has 2 fully saturated rings. The molecule has 3 nitrogen and oxygen atoms in total. The largest absolute Gasteiger partial charge is 0.299 e. The zero-order valence-electron chi connectivity index (χ0n) is 12.4. The first-order chi connectivity index (χ1) is 9.90. The molecule has 20 heavy (non-hydrogen) atoms. The minimum atomic E-state index is 0.695. The second kappa shape index (κ2) is 7.21. The normalized spacial score (nSPS) is 23.0. The van der Waals surface area contributed by atoms with Gasteiger partial charge in [0.2, 0.25) is 0 Å². The Balaban J connectivity index is 1.40. The molecule has 0 aliphatic carbocycles. The van der Waals surface area contributed by atoms with Gasteiger partial charge in [0.15, 0.2) is 0 Å². The molecule has 0 aromatic heterocycles. The molecule has 0 amide bonds. The van der Waals surface area contributed by atoms with Gasteiger partial charge in [-0.3, -0.25) is 10.3 Å². The van der Waals surface area contributed by atoms with E-state index in [4.69, 9.17) is 0 Å². The molecule has 0 unspecified atom stereocenters. The topological polar surface area (TPSA) is 18.5 Å². The summed E-state index contributed by atoms with van der Waals surface area (Å²) in [6.45, 7) is 6.03. The van der Waals surface area contributed by atoms with Crippen LogP contribution in [0.1, 0.15) is 37.7 Å². The van der Waals surface area contributed by atoms with E-state index < -0.39 is 0 Å². The van der Waals surface area contributed by atoms with Crippen LogP contribution in [-0.2, 0) is 6.54 Å². The Hall–Kier alpha value is -0.900. The summed E-state index contributed by atoms with van der Waals surface area (Å²) in [4.78, 5) is 2.59. The third-order valence-corrected chi connectivity index (χ3v) is 4.56. The lowest BCUT2D eigenvalue weighted by atomic mass is 10.0. The van der Waals surface area contributed by atoms with Crippen molar-refractivity contribution in [3.63, 3.8) is 0 Å². The number of piperidine rings is 2. The van der Waals surface area contributed by atoms with Crippen molar-refractivity contribution in [2.75, 3.05) is 26.2 Å². The van der Waals surface area contributed by atoms with Gasteiger partial charge in [-0.05, 0) is 31.2 Å².